The third-order valence-electron chi connectivity index (χ3n) is 1.68. The Labute approximate surface area is 75.0 Å². The molecular formula is C7H4F3N3O. The lowest BCUT2D eigenvalue weighted by Crippen LogP contribution is -2.32. The lowest BCUT2D eigenvalue weighted by atomic mass is 10.4. The lowest BCUT2D eigenvalue weighted by molar-refractivity contribution is -0.214. The molecule has 0 saturated carbocycles. The third kappa shape index (κ3) is 1.26. The van der Waals surface area contributed by atoms with Crippen molar-refractivity contribution < 1.29 is 13.2 Å². The predicted molar refractivity (Wildman–Crippen MR) is 41.7 cm³/mol. The van der Waals surface area contributed by atoms with E-state index in [1.165, 1.54) is 12.3 Å². The Morgan fingerprint density at radius 3 is 2.79 bits per heavy atom. The Balaban J connectivity index is 2.78. The second kappa shape index (κ2) is 2.60. The topological polar surface area (TPSA) is 50.7 Å². The van der Waals surface area contributed by atoms with Crippen LogP contribution in [0.5, 0.6) is 0 Å². The highest BCUT2D eigenvalue weighted by Crippen LogP contribution is 2.19. The van der Waals surface area contributed by atoms with Crippen LogP contribution >= 0.6 is 0 Å². The van der Waals surface area contributed by atoms with Gasteiger partial charge in [-0.15, -0.1) is 17.9 Å². The number of hydrogen-bond acceptors (Lipinski definition) is 2. The summed E-state index contributed by atoms with van der Waals surface area (Å²) in [6, 6.07) is 2.22. The highest BCUT2D eigenvalue weighted by Gasteiger charge is 2.33. The monoisotopic (exact) mass is 203 g/mol. The van der Waals surface area contributed by atoms with Gasteiger partial charge in [0.05, 0.1) is 5.52 Å². The molecule has 0 bridgehead atoms. The molecule has 2 aromatic heterocycles. The molecule has 4 nitrogen and oxygen atoms in total. The molecule has 74 valence electrons. The Morgan fingerprint density at radius 2 is 2.14 bits per heavy atom. The van der Waals surface area contributed by atoms with Crippen molar-refractivity contribution in [2.24, 2.45) is 0 Å². The first-order valence-corrected chi connectivity index (χ1v) is 3.63. The molecule has 0 atom stereocenters. The number of nitrogens with zero attached hydrogens (tertiary/aromatic N) is 2. The first-order chi connectivity index (χ1) is 6.48. The summed E-state index contributed by atoms with van der Waals surface area (Å²) < 4.78 is 36.0. The van der Waals surface area contributed by atoms with E-state index in [-0.39, 0.29) is 11.0 Å². The minimum absolute atomic E-state index is 0.0990. The van der Waals surface area contributed by atoms with Crippen LogP contribution < -0.4 is 5.56 Å². The maximum absolute atomic E-state index is 12.2. The van der Waals surface area contributed by atoms with Crippen molar-refractivity contribution in [1.82, 2.24) is 14.8 Å². The van der Waals surface area contributed by atoms with Crippen molar-refractivity contribution in [2.75, 3.05) is 0 Å². The third-order valence-corrected chi connectivity index (χ3v) is 1.68. The summed E-state index contributed by atoms with van der Waals surface area (Å²) in [5, 5.41) is 3.15. The van der Waals surface area contributed by atoms with Crippen LogP contribution in [0.3, 0.4) is 0 Å². The number of aromatic nitrogens is 3. The van der Waals surface area contributed by atoms with Gasteiger partial charge in [-0.3, -0.25) is 4.79 Å². The number of rotatable bonds is 0. The van der Waals surface area contributed by atoms with Gasteiger partial charge >= 0.3 is 6.30 Å². The highest BCUT2D eigenvalue weighted by atomic mass is 19.4. The number of hydrogen-bond donors (Lipinski definition) is 1. The summed E-state index contributed by atoms with van der Waals surface area (Å²) in [5.41, 5.74) is -0.815. The number of aromatic amines is 1. The second-order valence-corrected chi connectivity index (χ2v) is 2.64. The molecule has 0 aliphatic rings. The van der Waals surface area contributed by atoms with Gasteiger partial charge in [-0.2, -0.15) is 5.10 Å². The zero-order valence-electron chi connectivity index (χ0n) is 6.67. The largest absolute Gasteiger partial charge is 0.507 e. The van der Waals surface area contributed by atoms with E-state index >= 15 is 0 Å². The molecule has 7 heteroatoms. The summed E-state index contributed by atoms with van der Waals surface area (Å²) in [4.78, 5) is 13.5. The van der Waals surface area contributed by atoms with E-state index in [1.54, 1.807) is 0 Å². The second-order valence-electron chi connectivity index (χ2n) is 2.64. The van der Waals surface area contributed by atoms with Crippen molar-refractivity contribution in [3.8, 4) is 0 Å². The van der Waals surface area contributed by atoms with E-state index in [2.05, 4.69) is 10.1 Å². The van der Waals surface area contributed by atoms with Crippen molar-refractivity contribution in [2.45, 2.75) is 6.30 Å². The van der Waals surface area contributed by atoms with Crippen LogP contribution in [-0.2, 0) is 6.30 Å². The average Bonchev–Trinajstić information content (AvgIpc) is 2.47. The van der Waals surface area contributed by atoms with Gasteiger partial charge in [-0.05, 0) is 6.07 Å². The van der Waals surface area contributed by atoms with Crippen LogP contribution in [0, 0.1) is 0 Å². The molecule has 2 rings (SSSR count). The Morgan fingerprint density at radius 1 is 1.43 bits per heavy atom. The maximum atomic E-state index is 12.2. The molecule has 14 heavy (non-hydrogen) atoms. The Kier molecular flexibility index (Phi) is 1.63. The van der Waals surface area contributed by atoms with E-state index in [1.807, 2.05) is 0 Å². The number of fused-ring (bicyclic) bond motifs is 1. The van der Waals surface area contributed by atoms with Crippen molar-refractivity contribution in [1.29, 1.82) is 0 Å². The molecule has 0 radical (unpaired) electrons. The quantitative estimate of drug-likeness (QED) is 0.699. The van der Waals surface area contributed by atoms with E-state index in [9.17, 15) is 18.0 Å². The van der Waals surface area contributed by atoms with Crippen LogP contribution in [0.4, 0.5) is 13.2 Å². The molecule has 2 heterocycles. The minimum atomic E-state index is -4.78. The van der Waals surface area contributed by atoms with Crippen LogP contribution in [0.2, 0.25) is 0 Å². The Bertz CT molecular complexity index is 525. The fourth-order valence-corrected chi connectivity index (χ4v) is 1.10. The molecule has 0 spiro atoms. The van der Waals surface area contributed by atoms with Crippen molar-refractivity contribution >= 4 is 11.0 Å². The van der Waals surface area contributed by atoms with Gasteiger partial charge in [-0.25, -0.2) is 0 Å². The van der Waals surface area contributed by atoms with E-state index in [0.29, 0.717) is 0 Å². The molecular weight excluding hydrogens is 199 g/mol. The maximum Gasteiger partial charge on any atom is 0.507 e. The number of nitrogens with one attached hydrogen (secondary N) is 1. The van der Waals surface area contributed by atoms with Crippen LogP contribution in [0.25, 0.3) is 11.0 Å². The molecule has 0 saturated heterocycles. The van der Waals surface area contributed by atoms with Crippen LogP contribution in [-0.4, -0.2) is 14.8 Å². The van der Waals surface area contributed by atoms with Gasteiger partial charge < -0.3 is 4.98 Å². The van der Waals surface area contributed by atoms with E-state index in [4.69, 9.17) is 0 Å². The first-order valence-electron chi connectivity index (χ1n) is 3.63. The average molecular weight is 203 g/mol. The van der Waals surface area contributed by atoms with Gasteiger partial charge in [0.1, 0.15) is 5.52 Å². The van der Waals surface area contributed by atoms with Gasteiger partial charge in [0.15, 0.2) is 0 Å². The summed E-state index contributed by atoms with van der Waals surface area (Å²) >= 11 is 0. The van der Waals surface area contributed by atoms with Crippen LogP contribution in [0.15, 0.2) is 23.1 Å². The fourth-order valence-electron chi connectivity index (χ4n) is 1.10. The molecule has 0 amide bonds. The van der Waals surface area contributed by atoms with Gasteiger partial charge in [-0.1, -0.05) is 0 Å². The standard InChI is InChI=1S/C7H4F3N3O/c8-7(9,10)13-6(14)3-5-4(12-13)1-2-11-5/h1-3,11H. The highest BCUT2D eigenvalue weighted by molar-refractivity contribution is 5.73. The number of alkyl halides is 3. The summed E-state index contributed by atoms with van der Waals surface area (Å²) in [5.74, 6) is 0. The zero-order valence-corrected chi connectivity index (χ0v) is 6.67. The minimum Gasteiger partial charge on any atom is -0.360 e. The summed E-state index contributed by atoms with van der Waals surface area (Å²) in [6.45, 7) is 0. The van der Waals surface area contributed by atoms with Crippen molar-refractivity contribution in [3.63, 3.8) is 0 Å². The van der Waals surface area contributed by atoms with Gasteiger partial charge in [0, 0.05) is 12.3 Å². The van der Waals surface area contributed by atoms with Crippen LogP contribution in [0.1, 0.15) is 0 Å². The molecule has 0 unspecified atom stereocenters. The summed E-state index contributed by atoms with van der Waals surface area (Å²) in [6.07, 6.45) is -3.36. The SMILES string of the molecule is O=c1cc2[nH]ccc2nn1C(F)(F)F. The predicted octanol–water partition coefficient (Wildman–Crippen LogP) is 1.20. The molecule has 1 N–H and O–H groups in total. The normalized spacial score (nSPS) is 12.2. The lowest BCUT2D eigenvalue weighted by Gasteiger charge is -2.06. The molecule has 2 aromatic rings. The molecule has 0 aliphatic carbocycles. The first kappa shape index (κ1) is 8.79. The van der Waals surface area contributed by atoms with E-state index < -0.39 is 16.5 Å². The van der Waals surface area contributed by atoms with E-state index in [0.717, 1.165) is 6.07 Å². The Hall–Kier alpha value is -1.79. The zero-order chi connectivity index (χ0) is 10.3. The molecule has 0 aromatic carbocycles. The number of halogens is 3. The summed E-state index contributed by atoms with van der Waals surface area (Å²) in [7, 11) is 0. The van der Waals surface area contributed by atoms with Gasteiger partial charge in [0.2, 0.25) is 0 Å². The number of H-pyrrole nitrogens is 1. The fraction of sp³-hybridized carbons (Fsp3) is 0.143. The molecule has 0 fully saturated rings. The van der Waals surface area contributed by atoms with Crippen molar-refractivity contribution in [3.05, 3.63) is 28.7 Å². The smallest absolute Gasteiger partial charge is 0.360 e. The molecule has 0 aliphatic heterocycles. The van der Waals surface area contributed by atoms with Gasteiger partial charge in [0.25, 0.3) is 5.56 Å².